The van der Waals surface area contributed by atoms with E-state index in [1.165, 1.54) is 15.4 Å². The summed E-state index contributed by atoms with van der Waals surface area (Å²) < 4.78 is 28.0. The van der Waals surface area contributed by atoms with Gasteiger partial charge in [-0.3, -0.25) is 4.31 Å². The van der Waals surface area contributed by atoms with Crippen molar-refractivity contribution >= 4 is 21.4 Å². The maximum absolute atomic E-state index is 13.3. The van der Waals surface area contributed by atoms with Crippen molar-refractivity contribution < 1.29 is 8.42 Å². The molecule has 2 aliphatic rings. The largest absolute Gasteiger partial charge is 0.378 e. The van der Waals surface area contributed by atoms with E-state index in [0.717, 1.165) is 17.7 Å². The number of aryl methyl sites for hydroxylation is 1. The standard InChI is InChI=1S/C26H26N2O2S/c1-18-11-13-19(14-12-18)26-23-10-6-9-22(23)24-17-21(15-16-25(24)27-26)31(29,30)28(2)20-7-4-3-5-8-20/h3-9,11-17,22-23,26-27H,10H2,1-2H3. The fourth-order valence-corrected chi connectivity index (χ4v) is 6.00. The van der Waals surface area contributed by atoms with E-state index in [9.17, 15) is 8.42 Å². The van der Waals surface area contributed by atoms with Crippen molar-refractivity contribution in [3.05, 3.63) is 102 Å². The summed E-state index contributed by atoms with van der Waals surface area (Å²) in [5.74, 6) is 0.583. The van der Waals surface area contributed by atoms with Gasteiger partial charge in [-0.2, -0.15) is 0 Å². The number of rotatable bonds is 4. The van der Waals surface area contributed by atoms with Crippen LogP contribution in [0.25, 0.3) is 0 Å². The second-order valence-corrected chi connectivity index (χ2v) is 10.4. The number of nitrogens with one attached hydrogen (secondary N) is 1. The van der Waals surface area contributed by atoms with Gasteiger partial charge >= 0.3 is 0 Å². The monoisotopic (exact) mass is 430 g/mol. The number of hydrogen-bond acceptors (Lipinski definition) is 3. The molecule has 0 amide bonds. The average molecular weight is 431 g/mol. The van der Waals surface area contributed by atoms with Crippen molar-refractivity contribution in [1.82, 2.24) is 0 Å². The highest BCUT2D eigenvalue weighted by Crippen LogP contribution is 2.50. The molecule has 1 aliphatic carbocycles. The minimum Gasteiger partial charge on any atom is -0.378 e. The van der Waals surface area contributed by atoms with E-state index in [1.54, 1.807) is 25.2 Å². The lowest BCUT2D eigenvalue weighted by Crippen LogP contribution is -2.30. The smallest absolute Gasteiger partial charge is 0.264 e. The molecule has 1 heterocycles. The summed E-state index contributed by atoms with van der Waals surface area (Å²) in [4.78, 5) is 0.326. The molecule has 3 aromatic carbocycles. The van der Waals surface area contributed by atoms with Crippen molar-refractivity contribution in [1.29, 1.82) is 0 Å². The Balaban J connectivity index is 1.52. The van der Waals surface area contributed by atoms with Crippen molar-refractivity contribution in [3.8, 4) is 0 Å². The molecule has 3 aromatic rings. The molecule has 31 heavy (non-hydrogen) atoms. The third-order valence-electron chi connectivity index (χ3n) is 6.55. The quantitative estimate of drug-likeness (QED) is 0.545. The predicted molar refractivity (Wildman–Crippen MR) is 126 cm³/mol. The fraction of sp³-hybridized carbons (Fsp3) is 0.231. The summed E-state index contributed by atoms with van der Waals surface area (Å²) >= 11 is 0. The summed E-state index contributed by atoms with van der Waals surface area (Å²) in [6, 6.07) is 23.6. The van der Waals surface area contributed by atoms with Crippen molar-refractivity contribution in [2.75, 3.05) is 16.7 Å². The van der Waals surface area contributed by atoms with Crippen LogP contribution in [-0.2, 0) is 10.0 Å². The van der Waals surface area contributed by atoms with Gasteiger partial charge in [-0.15, -0.1) is 0 Å². The highest BCUT2D eigenvalue weighted by atomic mass is 32.2. The third-order valence-corrected chi connectivity index (χ3v) is 8.33. The first-order valence-electron chi connectivity index (χ1n) is 10.6. The maximum Gasteiger partial charge on any atom is 0.264 e. The summed E-state index contributed by atoms with van der Waals surface area (Å²) in [5.41, 5.74) is 5.25. The summed E-state index contributed by atoms with van der Waals surface area (Å²) in [6.07, 6.45) is 5.45. The number of benzene rings is 3. The molecule has 0 saturated heterocycles. The number of nitrogens with zero attached hydrogens (tertiary/aromatic N) is 1. The Kier molecular flexibility index (Phi) is 4.86. The average Bonchev–Trinajstić information content (AvgIpc) is 3.29. The van der Waals surface area contributed by atoms with Gasteiger partial charge in [-0.1, -0.05) is 60.2 Å². The van der Waals surface area contributed by atoms with Crippen LogP contribution in [0.1, 0.15) is 35.1 Å². The summed E-state index contributed by atoms with van der Waals surface area (Å²) in [5, 5.41) is 3.70. The molecule has 3 atom stereocenters. The number of hydrogen-bond donors (Lipinski definition) is 1. The van der Waals surface area contributed by atoms with Crippen LogP contribution in [0.4, 0.5) is 11.4 Å². The zero-order valence-electron chi connectivity index (χ0n) is 17.7. The Bertz CT molecular complexity index is 1230. The van der Waals surface area contributed by atoms with E-state index >= 15 is 0 Å². The molecule has 158 valence electrons. The van der Waals surface area contributed by atoms with Gasteiger partial charge in [0.1, 0.15) is 0 Å². The van der Waals surface area contributed by atoms with Gasteiger partial charge in [0.2, 0.25) is 0 Å². The van der Waals surface area contributed by atoms with E-state index in [0.29, 0.717) is 16.5 Å². The van der Waals surface area contributed by atoms with Crippen LogP contribution in [0.5, 0.6) is 0 Å². The normalized spacial score (nSPS) is 21.8. The van der Waals surface area contributed by atoms with Gasteiger partial charge in [0.25, 0.3) is 10.0 Å². The van der Waals surface area contributed by atoms with Gasteiger partial charge in [-0.25, -0.2) is 8.42 Å². The molecule has 0 saturated carbocycles. The predicted octanol–water partition coefficient (Wildman–Crippen LogP) is 5.65. The van der Waals surface area contributed by atoms with Gasteiger partial charge in [0.15, 0.2) is 0 Å². The molecule has 0 fully saturated rings. The highest BCUT2D eigenvalue weighted by Gasteiger charge is 2.38. The lowest BCUT2D eigenvalue weighted by Gasteiger charge is -2.38. The highest BCUT2D eigenvalue weighted by molar-refractivity contribution is 7.92. The molecule has 5 rings (SSSR count). The molecule has 3 unspecified atom stereocenters. The van der Waals surface area contributed by atoms with Gasteiger partial charge in [0.05, 0.1) is 16.6 Å². The first-order chi connectivity index (χ1) is 14.9. The second kappa shape index (κ2) is 7.57. The zero-order valence-corrected chi connectivity index (χ0v) is 18.5. The Morgan fingerprint density at radius 3 is 2.45 bits per heavy atom. The Morgan fingerprint density at radius 2 is 1.71 bits per heavy atom. The van der Waals surface area contributed by atoms with Crippen LogP contribution in [0, 0.1) is 12.8 Å². The molecular formula is C26H26N2O2S. The molecule has 0 radical (unpaired) electrons. The Morgan fingerprint density at radius 1 is 0.968 bits per heavy atom. The van der Waals surface area contributed by atoms with E-state index in [-0.39, 0.29) is 12.0 Å². The lowest BCUT2D eigenvalue weighted by atomic mass is 9.77. The van der Waals surface area contributed by atoms with E-state index in [4.69, 9.17) is 0 Å². The van der Waals surface area contributed by atoms with E-state index in [2.05, 4.69) is 48.7 Å². The number of allylic oxidation sites excluding steroid dienone is 2. The van der Waals surface area contributed by atoms with Crippen LogP contribution in [-0.4, -0.2) is 15.5 Å². The summed E-state index contributed by atoms with van der Waals surface area (Å²) in [7, 11) is -2.04. The molecular weight excluding hydrogens is 404 g/mol. The molecule has 0 spiro atoms. The molecule has 0 aromatic heterocycles. The number of anilines is 2. The minimum atomic E-state index is -3.64. The van der Waals surface area contributed by atoms with Crippen molar-refractivity contribution in [2.45, 2.75) is 30.2 Å². The number of sulfonamides is 1. The van der Waals surface area contributed by atoms with Crippen LogP contribution in [0.3, 0.4) is 0 Å². The van der Waals surface area contributed by atoms with Crippen molar-refractivity contribution in [3.63, 3.8) is 0 Å². The molecule has 1 N–H and O–H groups in total. The van der Waals surface area contributed by atoms with E-state index in [1.807, 2.05) is 30.3 Å². The minimum absolute atomic E-state index is 0.208. The Labute approximate surface area is 184 Å². The maximum atomic E-state index is 13.3. The van der Waals surface area contributed by atoms with Crippen molar-refractivity contribution in [2.24, 2.45) is 5.92 Å². The van der Waals surface area contributed by atoms with Gasteiger partial charge in [-0.05, 0) is 60.7 Å². The fourth-order valence-electron chi connectivity index (χ4n) is 4.77. The molecule has 0 bridgehead atoms. The molecule has 1 aliphatic heterocycles. The second-order valence-electron chi connectivity index (χ2n) is 8.44. The van der Waals surface area contributed by atoms with Crippen LogP contribution in [0.15, 0.2) is 89.8 Å². The van der Waals surface area contributed by atoms with Crippen LogP contribution < -0.4 is 9.62 Å². The number of fused-ring (bicyclic) bond motifs is 3. The molecule has 4 nitrogen and oxygen atoms in total. The summed E-state index contributed by atoms with van der Waals surface area (Å²) in [6.45, 7) is 2.10. The first kappa shape index (κ1) is 19.9. The van der Waals surface area contributed by atoms with E-state index < -0.39 is 10.0 Å². The van der Waals surface area contributed by atoms with Crippen LogP contribution >= 0.6 is 0 Å². The lowest BCUT2D eigenvalue weighted by molar-refractivity contribution is 0.425. The third kappa shape index (κ3) is 3.43. The topological polar surface area (TPSA) is 49.4 Å². The zero-order chi connectivity index (χ0) is 21.6. The first-order valence-corrected chi connectivity index (χ1v) is 12.1. The van der Waals surface area contributed by atoms with Crippen LogP contribution in [0.2, 0.25) is 0 Å². The number of para-hydroxylation sites is 1. The SMILES string of the molecule is Cc1ccc(C2Nc3ccc(S(=O)(=O)N(C)c4ccccc4)cc3C3C=CCC32)cc1. The molecule has 5 heteroatoms. The van der Waals surface area contributed by atoms with Gasteiger partial charge in [0, 0.05) is 18.7 Å². The Hall–Kier alpha value is -3.05. The van der Waals surface area contributed by atoms with Gasteiger partial charge < -0.3 is 5.32 Å².